The topological polar surface area (TPSA) is 55.8 Å². The van der Waals surface area contributed by atoms with Crippen LogP contribution in [0.1, 0.15) is 71.1 Å². The average molecular weight is 286 g/mol. The lowest BCUT2D eigenvalue weighted by Gasteiger charge is -2.02. The standard InChI is InChI=1S/C16H30O4/c1-2-3-4-5-6-7-8-9-10-11-16(18)20-15-14-19-13-12-17/h14-15,17H,2-13H2,1H3. The number of aliphatic hydroxyl groups excluding tert-OH is 1. The van der Waals surface area contributed by atoms with Gasteiger partial charge in [-0.1, -0.05) is 58.3 Å². The number of unbranched alkanes of at least 4 members (excludes halogenated alkanes) is 8. The normalized spacial score (nSPS) is 10.9. The minimum atomic E-state index is -0.225. The Labute approximate surface area is 123 Å². The number of hydrogen-bond donors (Lipinski definition) is 1. The lowest BCUT2D eigenvalue weighted by Crippen LogP contribution is -1.99. The Kier molecular flexibility index (Phi) is 15.2. The lowest BCUT2D eigenvalue weighted by molar-refractivity contribution is -0.138. The van der Waals surface area contributed by atoms with Gasteiger partial charge < -0.3 is 14.6 Å². The maximum absolute atomic E-state index is 11.3. The molecule has 0 aromatic rings. The van der Waals surface area contributed by atoms with Gasteiger partial charge in [0.25, 0.3) is 0 Å². The second kappa shape index (κ2) is 16.0. The molecule has 0 unspecified atom stereocenters. The third-order valence-electron chi connectivity index (χ3n) is 3.04. The number of ether oxygens (including phenoxy) is 2. The van der Waals surface area contributed by atoms with Crippen LogP contribution in [0.15, 0.2) is 12.5 Å². The molecule has 0 saturated heterocycles. The molecule has 0 saturated carbocycles. The highest BCUT2D eigenvalue weighted by molar-refractivity contribution is 5.69. The van der Waals surface area contributed by atoms with Crippen molar-refractivity contribution in [2.45, 2.75) is 71.1 Å². The smallest absolute Gasteiger partial charge is 0.310 e. The first-order valence-electron chi connectivity index (χ1n) is 7.88. The molecule has 0 radical (unpaired) electrons. The fraction of sp³-hybridized carbons (Fsp3) is 0.812. The molecule has 1 N–H and O–H groups in total. The van der Waals surface area contributed by atoms with Crippen molar-refractivity contribution in [3.05, 3.63) is 12.5 Å². The molecule has 0 fully saturated rings. The van der Waals surface area contributed by atoms with Gasteiger partial charge in [-0.25, -0.2) is 0 Å². The summed E-state index contributed by atoms with van der Waals surface area (Å²) in [4.78, 5) is 11.3. The molecule has 0 atom stereocenters. The van der Waals surface area contributed by atoms with E-state index < -0.39 is 0 Å². The van der Waals surface area contributed by atoms with Crippen LogP contribution in [0.3, 0.4) is 0 Å². The minimum Gasteiger partial charge on any atom is -0.496 e. The molecule has 4 heteroatoms. The number of carbonyl (C=O) groups excluding carboxylic acids is 1. The van der Waals surface area contributed by atoms with Crippen molar-refractivity contribution in [2.75, 3.05) is 13.2 Å². The van der Waals surface area contributed by atoms with Crippen molar-refractivity contribution >= 4 is 5.97 Å². The van der Waals surface area contributed by atoms with Crippen LogP contribution in [-0.2, 0) is 14.3 Å². The Morgan fingerprint density at radius 2 is 1.55 bits per heavy atom. The molecular formula is C16H30O4. The van der Waals surface area contributed by atoms with Gasteiger partial charge in [0, 0.05) is 6.42 Å². The Bertz CT molecular complexity index is 239. The fourth-order valence-electron chi connectivity index (χ4n) is 1.90. The third kappa shape index (κ3) is 15.0. The van der Waals surface area contributed by atoms with Crippen molar-refractivity contribution in [3.8, 4) is 0 Å². The summed E-state index contributed by atoms with van der Waals surface area (Å²) >= 11 is 0. The van der Waals surface area contributed by atoms with Crippen LogP contribution in [0.4, 0.5) is 0 Å². The van der Waals surface area contributed by atoms with E-state index in [9.17, 15) is 4.79 Å². The number of carbonyl (C=O) groups is 1. The third-order valence-corrected chi connectivity index (χ3v) is 3.04. The predicted molar refractivity (Wildman–Crippen MR) is 80.1 cm³/mol. The maximum Gasteiger partial charge on any atom is 0.310 e. The molecule has 0 amide bonds. The van der Waals surface area contributed by atoms with Crippen LogP contribution in [0, 0.1) is 0 Å². The second-order valence-corrected chi connectivity index (χ2v) is 4.93. The SMILES string of the molecule is CCCCCCCCCCCC(=O)OC=COCCO. The summed E-state index contributed by atoms with van der Waals surface area (Å²) in [5.41, 5.74) is 0. The number of hydrogen-bond acceptors (Lipinski definition) is 4. The van der Waals surface area contributed by atoms with Gasteiger partial charge in [-0.3, -0.25) is 4.79 Å². The van der Waals surface area contributed by atoms with Crippen LogP contribution in [0.5, 0.6) is 0 Å². The summed E-state index contributed by atoms with van der Waals surface area (Å²) < 4.78 is 9.66. The van der Waals surface area contributed by atoms with E-state index in [0.717, 1.165) is 12.8 Å². The molecule has 0 bridgehead atoms. The molecule has 0 aromatic carbocycles. The highest BCUT2D eigenvalue weighted by Crippen LogP contribution is 2.10. The molecule has 0 aliphatic rings. The van der Waals surface area contributed by atoms with E-state index >= 15 is 0 Å². The first-order valence-corrected chi connectivity index (χ1v) is 7.88. The molecule has 4 nitrogen and oxygen atoms in total. The van der Waals surface area contributed by atoms with Crippen molar-refractivity contribution in [1.29, 1.82) is 0 Å². The molecule has 0 rings (SSSR count). The Hall–Kier alpha value is -1.03. The quantitative estimate of drug-likeness (QED) is 0.298. The van der Waals surface area contributed by atoms with E-state index in [0.29, 0.717) is 6.42 Å². The summed E-state index contributed by atoms with van der Waals surface area (Å²) in [5, 5.41) is 8.46. The summed E-state index contributed by atoms with van der Waals surface area (Å²) in [6.45, 7) is 2.40. The number of rotatable bonds is 14. The maximum atomic E-state index is 11.3. The molecule has 118 valence electrons. The number of aliphatic hydroxyl groups is 1. The van der Waals surface area contributed by atoms with Crippen molar-refractivity contribution in [3.63, 3.8) is 0 Å². The highest BCUT2D eigenvalue weighted by Gasteiger charge is 2.00. The summed E-state index contributed by atoms with van der Waals surface area (Å²) in [7, 11) is 0. The largest absolute Gasteiger partial charge is 0.496 e. The Morgan fingerprint density at radius 3 is 2.15 bits per heavy atom. The van der Waals surface area contributed by atoms with Gasteiger partial charge in [-0.15, -0.1) is 0 Å². The van der Waals surface area contributed by atoms with Gasteiger partial charge in [0.15, 0.2) is 0 Å². The van der Waals surface area contributed by atoms with Crippen molar-refractivity contribution in [1.82, 2.24) is 0 Å². The zero-order valence-electron chi connectivity index (χ0n) is 12.8. The first kappa shape index (κ1) is 19.0. The molecule has 0 spiro atoms. The van der Waals surface area contributed by atoms with E-state index in [4.69, 9.17) is 14.6 Å². The first-order chi connectivity index (χ1) is 9.81. The summed E-state index contributed by atoms with van der Waals surface area (Å²) in [6, 6.07) is 0. The molecule has 0 aliphatic heterocycles. The van der Waals surface area contributed by atoms with Crippen LogP contribution in [0.2, 0.25) is 0 Å². The fourth-order valence-corrected chi connectivity index (χ4v) is 1.90. The molecular weight excluding hydrogens is 256 g/mol. The van der Waals surface area contributed by atoms with Crippen LogP contribution >= 0.6 is 0 Å². The average Bonchev–Trinajstić information content (AvgIpc) is 2.45. The highest BCUT2D eigenvalue weighted by atomic mass is 16.5. The van der Waals surface area contributed by atoms with Gasteiger partial charge >= 0.3 is 5.97 Å². The Balaban J connectivity index is 3.21. The van der Waals surface area contributed by atoms with Gasteiger partial charge in [-0.2, -0.15) is 0 Å². The van der Waals surface area contributed by atoms with Gasteiger partial charge in [0.1, 0.15) is 19.1 Å². The van der Waals surface area contributed by atoms with E-state index in [1.165, 1.54) is 57.5 Å². The van der Waals surface area contributed by atoms with Crippen LogP contribution in [-0.4, -0.2) is 24.3 Å². The Morgan fingerprint density at radius 1 is 0.950 bits per heavy atom. The molecule has 0 heterocycles. The monoisotopic (exact) mass is 286 g/mol. The summed E-state index contributed by atoms with van der Waals surface area (Å²) in [5.74, 6) is -0.225. The van der Waals surface area contributed by atoms with Gasteiger partial charge in [0.2, 0.25) is 0 Å². The van der Waals surface area contributed by atoms with Crippen molar-refractivity contribution < 1.29 is 19.4 Å². The number of esters is 1. The molecule has 0 aliphatic carbocycles. The van der Waals surface area contributed by atoms with E-state index in [-0.39, 0.29) is 19.2 Å². The lowest BCUT2D eigenvalue weighted by atomic mass is 10.1. The molecule has 20 heavy (non-hydrogen) atoms. The van der Waals surface area contributed by atoms with Crippen LogP contribution < -0.4 is 0 Å². The minimum absolute atomic E-state index is 0.0449. The zero-order chi connectivity index (χ0) is 14.9. The second-order valence-electron chi connectivity index (χ2n) is 4.93. The predicted octanol–water partition coefficient (Wildman–Crippen LogP) is 3.93. The van der Waals surface area contributed by atoms with E-state index in [1.54, 1.807) is 0 Å². The van der Waals surface area contributed by atoms with Gasteiger partial charge in [-0.05, 0) is 6.42 Å². The van der Waals surface area contributed by atoms with Crippen molar-refractivity contribution in [2.24, 2.45) is 0 Å². The summed E-state index contributed by atoms with van der Waals surface area (Å²) in [6.07, 6.45) is 14.1. The zero-order valence-corrected chi connectivity index (χ0v) is 12.8. The van der Waals surface area contributed by atoms with Crippen LogP contribution in [0.25, 0.3) is 0 Å². The van der Waals surface area contributed by atoms with E-state index in [1.807, 2.05) is 0 Å². The van der Waals surface area contributed by atoms with Gasteiger partial charge in [0.05, 0.1) is 6.61 Å². The van der Waals surface area contributed by atoms with E-state index in [2.05, 4.69) is 6.92 Å². The molecule has 0 aromatic heterocycles.